The number of benzene rings is 2. The van der Waals surface area contributed by atoms with E-state index in [-0.39, 0.29) is 5.41 Å². The summed E-state index contributed by atoms with van der Waals surface area (Å²) >= 11 is 0. The molecule has 2 aromatic carbocycles. The Balaban J connectivity index is 1.71. The van der Waals surface area contributed by atoms with Crippen LogP contribution in [0.15, 0.2) is 43.0 Å². The Hall–Kier alpha value is -2.57. The van der Waals surface area contributed by atoms with Crippen LogP contribution in [-0.4, -0.2) is 20.3 Å². The number of hydrogen-bond donors (Lipinski definition) is 0. The zero-order chi connectivity index (χ0) is 19.0. The number of rotatable bonds is 3. The normalized spacial score (nSPS) is 22.3. The van der Waals surface area contributed by atoms with E-state index in [4.69, 9.17) is 9.47 Å². The first kappa shape index (κ1) is 17.8. The van der Waals surface area contributed by atoms with E-state index in [1.165, 1.54) is 16.7 Å². The molecular formula is C24H25NO2. The van der Waals surface area contributed by atoms with Gasteiger partial charge in [-0.15, -0.1) is 0 Å². The molecule has 0 spiro atoms. The van der Waals surface area contributed by atoms with Gasteiger partial charge in [-0.3, -0.25) is 0 Å². The van der Waals surface area contributed by atoms with Gasteiger partial charge in [0.2, 0.25) is 0 Å². The summed E-state index contributed by atoms with van der Waals surface area (Å²) in [5, 5.41) is 9.31. The van der Waals surface area contributed by atoms with Crippen molar-refractivity contribution in [2.24, 2.45) is 11.3 Å². The predicted octanol–water partition coefficient (Wildman–Crippen LogP) is 5.24. The lowest BCUT2D eigenvalue weighted by atomic mass is 9.69. The second-order valence-corrected chi connectivity index (χ2v) is 7.89. The summed E-state index contributed by atoms with van der Waals surface area (Å²) in [6.07, 6.45) is 3.27. The molecule has 0 radical (unpaired) electrons. The topological polar surface area (TPSA) is 42.2 Å². The summed E-state index contributed by atoms with van der Waals surface area (Å²) in [7, 11) is 1.63. The molecule has 1 fully saturated rings. The Labute approximate surface area is 161 Å². The Morgan fingerprint density at radius 3 is 2.63 bits per heavy atom. The number of allylic oxidation sites excluding steroid dienone is 1. The number of nitrogens with zero attached hydrogens (tertiary/aromatic N) is 1. The molecule has 1 heterocycles. The van der Waals surface area contributed by atoms with Crippen molar-refractivity contribution in [1.82, 2.24) is 0 Å². The molecule has 4 rings (SSSR count). The summed E-state index contributed by atoms with van der Waals surface area (Å²) in [6, 6.07) is 14.5. The van der Waals surface area contributed by atoms with E-state index in [1.807, 2.05) is 12.1 Å². The van der Waals surface area contributed by atoms with Gasteiger partial charge in [0.25, 0.3) is 0 Å². The Bertz CT molecular complexity index is 934. The minimum Gasteiger partial charge on any atom is -0.497 e. The molecule has 1 saturated heterocycles. The van der Waals surface area contributed by atoms with Crippen molar-refractivity contribution in [2.45, 2.75) is 26.2 Å². The first-order valence-electron chi connectivity index (χ1n) is 9.55. The standard InChI is InChI=1S/C24H25NO2/c1-16-23-13-18(20-10-17(15-25)11-22(12-20)26-3)4-5-19(23)14-24(16,2)21-6-8-27-9-7-21/h4-5,10-13,21H,1,6-9,14H2,2-3H3. The van der Waals surface area contributed by atoms with Crippen LogP contribution in [0.5, 0.6) is 5.75 Å². The largest absolute Gasteiger partial charge is 0.497 e. The summed E-state index contributed by atoms with van der Waals surface area (Å²) in [5.74, 6) is 1.33. The van der Waals surface area contributed by atoms with E-state index in [9.17, 15) is 5.26 Å². The molecule has 3 heteroatoms. The fourth-order valence-corrected chi connectivity index (χ4v) is 4.67. The predicted molar refractivity (Wildman–Crippen MR) is 108 cm³/mol. The number of ether oxygens (including phenoxy) is 2. The maximum Gasteiger partial charge on any atom is 0.120 e. The third-order valence-corrected chi connectivity index (χ3v) is 6.41. The number of fused-ring (bicyclic) bond motifs is 1. The first-order chi connectivity index (χ1) is 13.0. The molecule has 1 unspecified atom stereocenters. The maximum atomic E-state index is 9.31. The van der Waals surface area contributed by atoms with E-state index < -0.39 is 0 Å². The summed E-state index contributed by atoms with van der Waals surface area (Å²) in [4.78, 5) is 0. The number of hydrogen-bond acceptors (Lipinski definition) is 3. The van der Waals surface area contributed by atoms with Crippen LogP contribution in [0.2, 0.25) is 0 Å². The van der Waals surface area contributed by atoms with Gasteiger partial charge in [0, 0.05) is 13.2 Å². The lowest BCUT2D eigenvalue weighted by Gasteiger charge is -2.38. The van der Waals surface area contributed by atoms with Gasteiger partial charge >= 0.3 is 0 Å². The van der Waals surface area contributed by atoms with E-state index in [2.05, 4.69) is 37.8 Å². The Morgan fingerprint density at radius 2 is 1.93 bits per heavy atom. The zero-order valence-corrected chi connectivity index (χ0v) is 16.0. The Kier molecular flexibility index (Phi) is 4.53. The fraction of sp³-hybridized carbons (Fsp3) is 0.375. The highest BCUT2D eigenvalue weighted by Crippen LogP contribution is 2.53. The molecular weight excluding hydrogens is 334 g/mol. The third kappa shape index (κ3) is 3.05. The molecule has 3 nitrogen and oxygen atoms in total. The lowest BCUT2D eigenvalue weighted by Crippen LogP contribution is -2.32. The highest BCUT2D eigenvalue weighted by atomic mass is 16.5. The highest BCUT2D eigenvalue weighted by Gasteiger charge is 2.43. The fourth-order valence-electron chi connectivity index (χ4n) is 4.67. The highest BCUT2D eigenvalue weighted by molar-refractivity contribution is 5.80. The molecule has 0 N–H and O–H groups in total. The van der Waals surface area contributed by atoms with Gasteiger partial charge in [-0.05, 0) is 82.7 Å². The van der Waals surface area contributed by atoms with E-state index in [1.54, 1.807) is 13.2 Å². The zero-order valence-electron chi connectivity index (χ0n) is 16.0. The lowest BCUT2D eigenvalue weighted by molar-refractivity contribution is 0.0361. The van der Waals surface area contributed by atoms with Crippen molar-refractivity contribution in [3.05, 3.63) is 59.7 Å². The molecule has 0 saturated carbocycles. The van der Waals surface area contributed by atoms with Gasteiger partial charge in [0.1, 0.15) is 5.75 Å². The second-order valence-electron chi connectivity index (χ2n) is 7.89. The summed E-state index contributed by atoms with van der Waals surface area (Å²) in [5.41, 5.74) is 6.70. The molecule has 0 bridgehead atoms. The average molecular weight is 359 g/mol. The van der Waals surface area contributed by atoms with Gasteiger partial charge < -0.3 is 9.47 Å². The van der Waals surface area contributed by atoms with Gasteiger partial charge in [0.15, 0.2) is 0 Å². The van der Waals surface area contributed by atoms with Crippen LogP contribution in [0.25, 0.3) is 16.7 Å². The monoisotopic (exact) mass is 359 g/mol. The van der Waals surface area contributed by atoms with Crippen LogP contribution >= 0.6 is 0 Å². The molecule has 0 aromatic heterocycles. The molecule has 27 heavy (non-hydrogen) atoms. The van der Waals surface area contributed by atoms with E-state index >= 15 is 0 Å². The van der Waals surface area contributed by atoms with Crippen LogP contribution in [0.1, 0.15) is 36.5 Å². The Morgan fingerprint density at radius 1 is 1.15 bits per heavy atom. The summed E-state index contributed by atoms with van der Waals surface area (Å²) in [6.45, 7) is 8.59. The first-order valence-corrected chi connectivity index (χ1v) is 9.55. The molecule has 1 aliphatic carbocycles. The molecule has 1 aliphatic heterocycles. The molecule has 2 aliphatic rings. The number of methoxy groups -OCH3 is 1. The van der Waals surface area contributed by atoms with E-state index in [0.717, 1.165) is 43.6 Å². The van der Waals surface area contributed by atoms with Crippen molar-refractivity contribution in [3.63, 3.8) is 0 Å². The average Bonchev–Trinajstić information content (AvgIpc) is 2.99. The van der Waals surface area contributed by atoms with Crippen molar-refractivity contribution >= 4 is 5.57 Å². The van der Waals surface area contributed by atoms with Crippen LogP contribution in [-0.2, 0) is 11.2 Å². The maximum absolute atomic E-state index is 9.31. The van der Waals surface area contributed by atoms with Crippen LogP contribution in [0, 0.1) is 22.7 Å². The van der Waals surface area contributed by atoms with Crippen LogP contribution in [0.4, 0.5) is 0 Å². The van der Waals surface area contributed by atoms with Crippen LogP contribution < -0.4 is 4.74 Å². The van der Waals surface area contributed by atoms with Gasteiger partial charge in [-0.25, -0.2) is 0 Å². The summed E-state index contributed by atoms with van der Waals surface area (Å²) < 4.78 is 10.9. The second kappa shape index (κ2) is 6.87. The smallest absolute Gasteiger partial charge is 0.120 e. The van der Waals surface area contributed by atoms with Crippen LogP contribution in [0.3, 0.4) is 0 Å². The molecule has 0 amide bonds. The minimum absolute atomic E-state index is 0.108. The molecule has 1 atom stereocenters. The molecule has 2 aromatic rings. The van der Waals surface area contributed by atoms with Gasteiger partial charge in [-0.1, -0.05) is 25.6 Å². The van der Waals surface area contributed by atoms with E-state index in [0.29, 0.717) is 17.2 Å². The minimum atomic E-state index is 0.108. The van der Waals surface area contributed by atoms with Crippen molar-refractivity contribution in [3.8, 4) is 22.9 Å². The quantitative estimate of drug-likeness (QED) is 0.753. The van der Waals surface area contributed by atoms with Gasteiger partial charge in [-0.2, -0.15) is 5.26 Å². The van der Waals surface area contributed by atoms with Crippen molar-refractivity contribution in [2.75, 3.05) is 20.3 Å². The van der Waals surface area contributed by atoms with Crippen molar-refractivity contribution < 1.29 is 9.47 Å². The van der Waals surface area contributed by atoms with Gasteiger partial charge in [0.05, 0.1) is 18.7 Å². The SMILES string of the molecule is C=C1c2cc(-c3cc(C#N)cc(OC)c3)ccc2CC1(C)C1CCOCC1. The molecule has 138 valence electrons. The third-order valence-electron chi connectivity index (χ3n) is 6.41. The van der Waals surface area contributed by atoms with Crippen molar-refractivity contribution in [1.29, 1.82) is 5.26 Å². The number of nitriles is 1.